The summed E-state index contributed by atoms with van der Waals surface area (Å²) in [6.07, 6.45) is 0. The Balaban J connectivity index is 2.00. The number of hydrogen-bond donors (Lipinski definition) is 0. The predicted octanol–water partition coefficient (Wildman–Crippen LogP) is 4.54. The van der Waals surface area contributed by atoms with E-state index in [0.717, 1.165) is 22.2 Å². The highest BCUT2D eigenvalue weighted by Gasteiger charge is 2.38. The third kappa shape index (κ3) is 2.49. The lowest BCUT2D eigenvalue weighted by Crippen LogP contribution is -2.28. The molecule has 1 saturated heterocycles. The number of allylic oxidation sites excluding steroid dienone is 2. The molecule has 0 radical (unpaired) electrons. The van der Waals surface area contributed by atoms with Gasteiger partial charge < -0.3 is 4.90 Å². The Labute approximate surface area is 144 Å². The standard InChI is InChI=1S/C16H16N2OS3/c1-4-17-10(2)11(3)21-15(17)13-14(19)18(16(20)22-13)12-8-6-5-7-9-12/h5-9H,4H2,1-3H3. The van der Waals surface area contributed by atoms with Crippen molar-refractivity contribution in [3.63, 3.8) is 0 Å². The fraction of sp³-hybridized carbons (Fsp3) is 0.250. The lowest BCUT2D eigenvalue weighted by atomic mass is 10.3. The van der Waals surface area contributed by atoms with Crippen LogP contribution in [0.4, 0.5) is 5.69 Å². The van der Waals surface area contributed by atoms with Crippen LogP contribution in [0.25, 0.3) is 0 Å². The average Bonchev–Trinajstić information content (AvgIpc) is 2.97. The van der Waals surface area contributed by atoms with E-state index < -0.39 is 0 Å². The lowest BCUT2D eigenvalue weighted by molar-refractivity contribution is -0.113. The Morgan fingerprint density at radius 2 is 1.82 bits per heavy atom. The van der Waals surface area contributed by atoms with Crippen LogP contribution in [0.15, 0.2) is 50.9 Å². The molecule has 114 valence electrons. The number of hydrogen-bond acceptors (Lipinski definition) is 5. The number of anilines is 1. The van der Waals surface area contributed by atoms with Crippen molar-refractivity contribution in [2.45, 2.75) is 20.8 Å². The molecule has 6 heteroatoms. The normalized spacial score (nSPS) is 22.3. The summed E-state index contributed by atoms with van der Waals surface area (Å²) in [4.78, 5) is 18.7. The fourth-order valence-electron chi connectivity index (χ4n) is 2.46. The summed E-state index contributed by atoms with van der Waals surface area (Å²) in [6.45, 7) is 7.13. The summed E-state index contributed by atoms with van der Waals surface area (Å²) in [5.74, 6) is -0.0235. The summed E-state index contributed by atoms with van der Waals surface area (Å²) in [5.41, 5.74) is 2.04. The molecule has 0 unspecified atom stereocenters. The smallest absolute Gasteiger partial charge is 0.273 e. The summed E-state index contributed by atoms with van der Waals surface area (Å²) < 4.78 is 0.595. The number of carbonyl (C=O) groups excluding carboxylic acids is 1. The minimum absolute atomic E-state index is 0.0235. The van der Waals surface area contributed by atoms with Gasteiger partial charge in [-0.2, -0.15) is 0 Å². The molecule has 1 aromatic carbocycles. The van der Waals surface area contributed by atoms with Crippen molar-refractivity contribution in [3.05, 3.63) is 50.9 Å². The van der Waals surface area contributed by atoms with Crippen molar-refractivity contribution >= 4 is 51.7 Å². The molecule has 1 amide bonds. The first-order valence-corrected chi connectivity index (χ1v) is 9.07. The molecule has 22 heavy (non-hydrogen) atoms. The minimum Gasteiger partial charge on any atom is -0.338 e. The van der Waals surface area contributed by atoms with E-state index in [9.17, 15) is 4.79 Å². The van der Waals surface area contributed by atoms with Gasteiger partial charge in [-0.15, -0.1) is 0 Å². The van der Waals surface area contributed by atoms with Gasteiger partial charge in [-0.3, -0.25) is 9.69 Å². The van der Waals surface area contributed by atoms with Crippen LogP contribution in [0.2, 0.25) is 0 Å². The van der Waals surface area contributed by atoms with Crippen LogP contribution < -0.4 is 4.90 Å². The van der Waals surface area contributed by atoms with E-state index in [2.05, 4.69) is 25.7 Å². The van der Waals surface area contributed by atoms with Crippen molar-refractivity contribution in [2.24, 2.45) is 0 Å². The van der Waals surface area contributed by atoms with Crippen LogP contribution in [0.5, 0.6) is 0 Å². The predicted molar refractivity (Wildman–Crippen MR) is 99.5 cm³/mol. The second-order valence-electron chi connectivity index (χ2n) is 4.97. The molecule has 2 heterocycles. The van der Waals surface area contributed by atoms with Crippen LogP contribution in [-0.2, 0) is 4.79 Å². The number of para-hydroxylation sites is 1. The van der Waals surface area contributed by atoms with Crippen LogP contribution in [0.3, 0.4) is 0 Å². The van der Waals surface area contributed by atoms with Crippen molar-refractivity contribution in [2.75, 3.05) is 11.4 Å². The number of thiocarbonyl (C=S) groups is 1. The maximum atomic E-state index is 12.9. The van der Waals surface area contributed by atoms with Crippen LogP contribution in [0.1, 0.15) is 20.8 Å². The quantitative estimate of drug-likeness (QED) is 0.577. The number of nitrogens with zero attached hydrogens (tertiary/aromatic N) is 2. The van der Waals surface area contributed by atoms with Gasteiger partial charge in [-0.05, 0) is 32.9 Å². The second kappa shape index (κ2) is 6.10. The molecule has 1 aromatic rings. The van der Waals surface area contributed by atoms with Crippen molar-refractivity contribution in [1.82, 2.24) is 4.90 Å². The third-order valence-electron chi connectivity index (χ3n) is 3.70. The average molecular weight is 349 g/mol. The molecule has 0 bridgehead atoms. The molecule has 0 saturated carbocycles. The van der Waals surface area contributed by atoms with E-state index in [-0.39, 0.29) is 5.91 Å². The van der Waals surface area contributed by atoms with Crippen LogP contribution in [-0.4, -0.2) is 21.7 Å². The molecular weight excluding hydrogens is 332 g/mol. The first-order valence-electron chi connectivity index (χ1n) is 7.03. The zero-order valence-electron chi connectivity index (χ0n) is 12.6. The molecule has 0 spiro atoms. The molecule has 0 N–H and O–H groups in total. The number of amides is 1. The van der Waals surface area contributed by atoms with Gasteiger partial charge in [-0.1, -0.05) is 53.9 Å². The van der Waals surface area contributed by atoms with E-state index in [1.165, 1.54) is 22.4 Å². The summed E-state index contributed by atoms with van der Waals surface area (Å²) in [7, 11) is 0. The molecule has 3 nitrogen and oxygen atoms in total. The molecule has 1 fully saturated rings. The number of rotatable bonds is 2. The first-order chi connectivity index (χ1) is 10.5. The van der Waals surface area contributed by atoms with Crippen LogP contribution >= 0.6 is 35.7 Å². The molecule has 0 aromatic heterocycles. The molecule has 0 atom stereocenters. The monoisotopic (exact) mass is 348 g/mol. The van der Waals surface area contributed by atoms with E-state index >= 15 is 0 Å². The minimum atomic E-state index is -0.0235. The molecule has 2 aliphatic heterocycles. The summed E-state index contributed by atoms with van der Waals surface area (Å²) in [5, 5.41) is 1.01. The Bertz CT molecular complexity index is 709. The largest absolute Gasteiger partial charge is 0.338 e. The Morgan fingerprint density at radius 1 is 1.14 bits per heavy atom. The van der Waals surface area contributed by atoms with Gasteiger partial charge in [0.15, 0.2) is 4.32 Å². The zero-order chi connectivity index (χ0) is 15.9. The maximum absolute atomic E-state index is 12.9. The number of benzene rings is 1. The zero-order valence-corrected chi connectivity index (χ0v) is 15.1. The highest BCUT2D eigenvalue weighted by atomic mass is 32.2. The summed E-state index contributed by atoms with van der Waals surface area (Å²) >= 11 is 8.50. The van der Waals surface area contributed by atoms with Gasteiger partial charge in [-0.25, -0.2) is 0 Å². The second-order valence-corrected chi connectivity index (χ2v) is 7.81. The van der Waals surface area contributed by atoms with Crippen molar-refractivity contribution < 1.29 is 4.79 Å². The highest BCUT2D eigenvalue weighted by Crippen LogP contribution is 2.47. The topological polar surface area (TPSA) is 23.6 Å². The Morgan fingerprint density at radius 3 is 2.45 bits per heavy atom. The lowest BCUT2D eigenvalue weighted by Gasteiger charge is -2.20. The van der Waals surface area contributed by atoms with Gasteiger partial charge >= 0.3 is 0 Å². The first kappa shape index (κ1) is 15.6. The van der Waals surface area contributed by atoms with E-state index in [4.69, 9.17) is 12.2 Å². The Hall–Kier alpha value is -1.24. The van der Waals surface area contributed by atoms with E-state index in [1.54, 1.807) is 16.7 Å². The number of carbonyl (C=O) groups is 1. The summed E-state index contributed by atoms with van der Waals surface area (Å²) in [6, 6.07) is 9.58. The molecule has 2 aliphatic rings. The van der Waals surface area contributed by atoms with Crippen molar-refractivity contribution in [3.8, 4) is 0 Å². The highest BCUT2D eigenvalue weighted by molar-refractivity contribution is 8.27. The van der Waals surface area contributed by atoms with Gasteiger partial charge in [0.25, 0.3) is 5.91 Å². The van der Waals surface area contributed by atoms with Crippen LogP contribution in [0, 0.1) is 0 Å². The van der Waals surface area contributed by atoms with E-state index in [1.807, 2.05) is 30.3 Å². The van der Waals surface area contributed by atoms with Gasteiger partial charge in [0.05, 0.1) is 10.7 Å². The molecular formula is C16H16N2OS3. The van der Waals surface area contributed by atoms with Gasteiger partial charge in [0.2, 0.25) is 0 Å². The van der Waals surface area contributed by atoms with Gasteiger partial charge in [0.1, 0.15) is 4.91 Å². The maximum Gasteiger partial charge on any atom is 0.273 e. The van der Waals surface area contributed by atoms with Crippen molar-refractivity contribution in [1.29, 1.82) is 0 Å². The Kier molecular flexibility index (Phi) is 4.34. The van der Waals surface area contributed by atoms with E-state index in [0.29, 0.717) is 4.32 Å². The SMILES string of the molecule is CCN1C(C)=C(C)SC1=C1SC(=S)N(c2ccccc2)C1=O. The van der Waals surface area contributed by atoms with Gasteiger partial charge in [0, 0.05) is 17.1 Å². The fourth-order valence-corrected chi connectivity index (χ4v) is 5.08. The molecule has 3 rings (SSSR count). The number of thioether (sulfide) groups is 2. The molecule has 0 aliphatic carbocycles. The third-order valence-corrected chi connectivity index (χ3v) is 6.41.